The number of nitrogens with one attached hydrogen (secondary N) is 1. The lowest BCUT2D eigenvalue weighted by Gasteiger charge is -2.31. The average Bonchev–Trinajstić information content (AvgIpc) is 2.66. The summed E-state index contributed by atoms with van der Waals surface area (Å²) in [6.45, 7) is 6.27. The standard InChI is InChI=1S/C20H27ClN2O2/c21-19-9-5-4-8-18(19)20(24)23(16-17-6-2-1-3-7-17)11-10-22-12-14-25-15-13-22/h1-2,4-5,8-9,17H,3,6-7,10-16H2/p+1/t17-/m0/s1. The van der Waals surface area contributed by atoms with Crippen molar-refractivity contribution in [3.05, 3.63) is 47.0 Å². The normalized spacial score (nSPS) is 21.2. The van der Waals surface area contributed by atoms with Gasteiger partial charge in [-0.1, -0.05) is 35.9 Å². The molecule has 5 heteroatoms. The molecule has 0 bridgehead atoms. The van der Waals surface area contributed by atoms with E-state index in [1.54, 1.807) is 6.07 Å². The van der Waals surface area contributed by atoms with Crippen LogP contribution >= 0.6 is 11.6 Å². The molecule has 1 atom stereocenters. The largest absolute Gasteiger partial charge is 0.370 e. The Kier molecular flexibility index (Phi) is 6.91. The third-order valence-electron chi connectivity index (χ3n) is 5.18. The Bertz CT molecular complexity index is 599. The molecular weight excluding hydrogens is 336 g/mol. The quantitative estimate of drug-likeness (QED) is 0.785. The number of allylic oxidation sites excluding steroid dienone is 2. The van der Waals surface area contributed by atoms with E-state index in [1.807, 2.05) is 23.1 Å². The van der Waals surface area contributed by atoms with Gasteiger partial charge in [0.15, 0.2) is 0 Å². The van der Waals surface area contributed by atoms with Crippen molar-refractivity contribution in [2.45, 2.75) is 19.3 Å². The van der Waals surface area contributed by atoms with Gasteiger partial charge in [0.2, 0.25) is 0 Å². The monoisotopic (exact) mass is 363 g/mol. The Balaban J connectivity index is 1.67. The molecule has 0 unspecified atom stereocenters. The molecule has 1 fully saturated rings. The first kappa shape index (κ1) is 18.4. The van der Waals surface area contributed by atoms with Crippen molar-refractivity contribution in [2.75, 3.05) is 45.9 Å². The summed E-state index contributed by atoms with van der Waals surface area (Å²) in [6.07, 6.45) is 7.84. The molecule has 4 nitrogen and oxygen atoms in total. The summed E-state index contributed by atoms with van der Waals surface area (Å²) in [5.74, 6) is 0.615. The molecule has 136 valence electrons. The van der Waals surface area contributed by atoms with Crippen LogP contribution in [0.2, 0.25) is 5.02 Å². The molecule has 1 aromatic rings. The Morgan fingerprint density at radius 1 is 1.24 bits per heavy atom. The molecule has 1 heterocycles. The zero-order valence-electron chi connectivity index (χ0n) is 14.8. The highest BCUT2D eigenvalue weighted by molar-refractivity contribution is 6.33. The number of nitrogens with zero attached hydrogens (tertiary/aromatic N) is 1. The summed E-state index contributed by atoms with van der Waals surface area (Å²) in [5, 5.41) is 0.541. The van der Waals surface area contributed by atoms with Gasteiger partial charge in [0.25, 0.3) is 5.91 Å². The van der Waals surface area contributed by atoms with Crippen LogP contribution in [-0.2, 0) is 4.74 Å². The van der Waals surface area contributed by atoms with E-state index in [9.17, 15) is 4.79 Å². The van der Waals surface area contributed by atoms with E-state index in [4.69, 9.17) is 16.3 Å². The minimum absolute atomic E-state index is 0.0628. The Morgan fingerprint density at radius 3 is 2.76 bits per heavy atom. The number of hydrogen-bond donors (Lipinski definition) is 1. The number of carbonyl (C=O) groups is 1. The number of benzene rings is 1. The van der Waals surface area contributed by atoms with Gasteiger partial charge in [0.05, 0.1) is 36.9 Å². The second-order valence-electron chi connectivity index (χ2n) is 6.99. The molecule has 1 aromatic carbocycles. The third kappa shape index (κ3) is 5.30. The molecule has 1 amide bonds. The summed E-state index contributed by atoms with van der Waals surface area (Å²) in [4.78, 5) is 16.6. The van der Waals surface area contributed by atoms with Crippen molar-refractivity contribution >= 4 is 17.5 Å². The van der Waals surface area contributed by atoms with Gasteiger partial charge in [-0.2, -0.15) is 0 Å². The van der Waals surface area contributed by atoms with Crippen molar-refractivity contribution in [3.8, 4) is 0 Å². The van der Waals surface area contributed by atoms with Gasteiger partial charge in [-0.25, -0.2) is 0 Å². The van der Waals surface area contributed by atoms with Gasteiger partial charge in [0.1, 0.15) is 13.1 Å². The first-order valence-corrected chi connectivity index (χ1v) is 9.72. The maximum atomic E-state index is 13.1. The highest BCUT2D eigenvalue weighted by atomic mass is 35.5. The number of ether oxygens (including phenoxy) is 1. The van der Waals surface area contributed by atoms with Crippen LogP contribution in [-0.4, -0.2) is 56.7 Å². The molecule has 0 radical (unpaired) electrons. The highest BCUT2D eigenvalue weighted by Crippen LogP contribution is 2.22. The lowest BCUT2D eigenvalue weighted by molar-refractivity contribution is -0.907. The summed E-state index contributed by atoms with van der Waals surface area (Å²) >= 11 is 6.27. The van der Waals surface area contributed by atoms with Crippen LogP contribution in [0.5, 0.6) is 0 Å². The van der Waals surface area contributed by atoms with Crippen LogP contribution in [0.25, 0.3) is 0 Å². The van der Waals surface area contributed by atoms with Crippen molar-refractivity contribution < 1.29 is 14.4 Å². The predicted octanol–water partition coefficient (Wildman–Crippen LogP) is 2.05. The summed E-state index contributed by atoms with van der Waals surface area (Å²) in [7, 11) is 0. The number of halogens is 1. The molecule has 1 aliphatic carbocycles. The second-order valence-corrected chi connectivity index (χ2v) is 7.40. The van der Waals surface area contributed by atoms with E-state index in [-0.39, 0.29) is 5.91 Å². The number of rotatable bonds is 6. The van der Waals surface area contributed by atoms with Crippen LogP contribution in [0.15, 0.2) is 36.4 Å². The molecule has 0 saturated carbocycles. The Hall–Kier alpha value is -1.36. The topological polar surface area (TPSA) is 34.0 Å². The summed E-state index contributed by atoms with van der Waals surface area (Å²) in [5.41, 5.74) is 0.618. The molecule has 1 aliphatic heterocycles. The van der Waals surface area contributed by atoms with Gasteiger partial charge in [-0.3, -0.25) is 4.79 Å². The van der Waals surface area contributed by atoms with Gasteiger partial charge in [-0.05, 0) is 37.3 Å². The molecular formula is C20H28ClN2O2+. The average molecular weight is 364 g/mol. The van der Waals surface area contributed by atoms with Crippen molar-refractivity contribution in [3.63, 3.8) is 0 Å². The molecule has 0 aromatic heterocycles. The zero-order chi connectivity index (χ0) is 17.5. The van der Waals surface area contributed by atoms with E-state index in [1.165, 1.54) is 4.90 Å². The van der Waals surface area contributed by atoms with Gasteiger partial charge < -0.3 is 14.5 Å². The minimum atomic E-state index is 0.0628. The first-order valence-electron chi connectivity index (χ1n) is 9.34. The van der Waals surface area contributed by atoms with Gasteiger partial charge >= 0.3 is 0 Å². The third-order valence-corrected chi connectivity index (χ3v) is 5.51. The zero-order valence-corrected chi connectivity index (χ0v) is 15.5. The van der Waals surface area contributed by atoms with Crippen molar-refractivity contribution in [2.24, 2.45) is 5.92 Å². The molecule has 1 N–H and O–H groups in total. The highest BCUT2D eigenvalue weighted by Gasteiger charge is 2.24. The van der Waals surface area contributed by atoms with Crippen LogP contribution in [0, 0.1) is 5.92 Å². The van der Waals surface area contributed by atoms with Crippen LogP contribution in [0.1, 0.15) is 29.6 Å². The number of morpholine rings is 1. The summed E-state index contributed by atoms with van der Waals surface area (Å²) < 4.78 is 5.43. The van der Waals surface area contributed by atoms with E-state index in [2.05, 4.69) is 12.2 Å². The van der Waals surface area contributed by atoms with Gasteiger partial charge in [0, 0.05) is 6.54 Å². The van der Waals surface area contributed by atoms with Crippen molar-refractivity contribution in [1.82, 2.24) is 4.90 Å². The first-order chi connectivity index (χ1) is 12.2. The van der Waals surface area contributed by atoms with E-state index < -0.39 is 0 Å². The fraction of sp³-hybridized carbons (Fsp3) is 0.550. The van der Waals surface area contributed by atoms with Crippen molar-refractivity contribution in [1.29, 1.82) is 0 Å². The number of carbonyl (C=O) groups excluding carboxylic acids is 1. The predicted molar refractivity (Wildman–Crippen MR) is 100 cm³/mol. The van der Waals surface area contributed by atoms with Gasteiger partial charge in [-0.15, -0.1) is 0 Å². The van der Waals surface area contributed by atoms with Crippen LogP contribution in [0.4, 0.5) is 0 Å². The van der Waals surface area contributed by atoms with E-state index in [0.29, 0.717) is 16.5 Å². The van der Waals surface area contributed by atoms with Crippen LogP contribution in [0.3, 0.4) is 0 Å². The lowest BCUT2D eigenvalue weighted by Crippen LogP contribution is -3.14. The molecule has 3 rings (SSSR count). The molecule has 0 spiro atoms. The molecule has 2 aliphatic rings. The minimum Gasteiger partial charge on any atom is -0.370 e. The number of quaternary nitrogens is 1. The van der Waals surface area contributed by atoms with Crippen LogP contribution < -0.4 is 4.90 Å². The van der Waals surface area contributed by atoms with E-state index in [0.717, 1.165) is 65.2 Å². The fourth-order valence-electron chi connectivity index (χ4n) is 3.62. The maximum absolute atomic E-state index is 13.1. The SMILES string of the molecule is O=C(c1ccccc1Cl)N(CC[NH+]1CCOCC1)C[C@H]1CC=CCC1. The lowest BCUT2D eigenvalue weighted by atomic mass is 9.93. The fourth-order valence-corrected chi connectivity index (χ4v) is 3.83. The second kappa shape index (κ2) is 9.37. The van der Waals surface area contributed by atoms with E-state index >= 15 is 0 Å². The smallest absolute Gasteiger partial charge is 0.255 e. The Morgan fingerprint density at radius 2 is 2.04 bits per heavy atom. The molecule has 25 heavy (non-hydrogen) atoms. The summed E-state index contributed by atoms with van der Waals surface area (Å²) in [6, 6.07) is 7.38. The molecule has 1 saturated heterocycles. The maximum Gasteiger partial charge on any atom is 0.255 e. The Labute approximate surface area is 155 Å². The number of hydrogen-bond acceptors (Lipinski definition) is 2. The number of amides is 1.